The van der Waals surface area contributed by atoms with Gasteiger partial charge in [-0.05, 0) is 80.8 Å². The van der Waals surface area contributed by atoms with E-state index in [0.29, 0.717) is 12.1 Å². The molecule has 0 spiro atoms. The van der Waals surface area contributed by atoms with Gasteiger partial charge < -0.3 is 9.73 Å². The Morgan fingerprint density at radius 1 is 1.04 bits per heavy atom. The van der Waals surface area contributed by atoms with Gasteiger partial charge in [0.15, 0.2) is 0 Å². The summed E-state index contributed by atoms with van der Waals surface area (Å²) < 4.78 is 5.35. The number of rotatable bonds is 5. The highest BCUT2D eigenvalue weighted by atomic mass is 16.4. The molecule has 0 saturated heterocycles. The molecule has 0 aliphatic rings. The predicted octanol–water partition coefficient (Wildman–Crippen LogP) is 4.10. The Labute approximate surface area is 165 Å². The Kier molecular flexibility index (Phi) is 5.66. The lowest BCUT2D eigenvalue weighted by Crippen LogP contribution is -2.30. The number of nitrogens with zero attached hydrogens (tertiary/aromatic N) is 1. The first-order chi connectivity index (χ1) is 13.2. The van der Waals surface area contributed by atoms with Gasteiger partial charge in [0.2, 0.25) is 5.91 Å². The van der Waals surface area contributed by atoms with E-state index in [2.05, 4.69) is 5.32 Å². The summed E-state index contributed by atoms with van der Waals surface area (Å²) >= 11 is 0. The zero-order valence-electron chi connectivity index (χ0n) is 17.1. The smallest absolute Gasteiger partial charge is 0.336 e. The lowest BCUT2D eigenvalue weighted by Gasteiger charge is -2.18. The Hall–Kier alpha value is -2.92. The van der Waals surface area contributed by atoms with Crippen molar-refractivity contribution in [3.63, 3.8) is 0 Å². The van der Waals surface area contributed by atoms with E-state index in [1.165, 1.54) is 6.07 Å². The second-order valence-corrected chi connectivity index (χ2v) is 7.49. The van der Waals surface area contributed by atoms with Gasteiger partial charge in [-0.25, -0.2) is 4.79 Å². The average molecular weight is 378 g/mol. The molecule has 1 heterocycles. The van der Waals surface area contributed by atoms with Crippen molar-refractivity contribution < 1.29 is 9.21 Å². The zero-order chi connectivity index (χ0) is 20.4. The van der Waals surface area contributed by atoms with Gasteiger partial charge in [0.25, 0.3) is 0 Å². The average Bonchev–Trinajstić information content (AvgIpc) is 2.60. The molecule has 0 atom stereocenters. The number of carbonyl (C=O) groups excluding carboxylic acids is 1. The van der Waals surface area contributed by atoms with Crippen LogP contribution in [0.5, 0.6) is 0 Å². The molecule has 0 saturated carbocycles. The number of amides is 1. The second kappa shape index (κ2) is 7.98. The molecule has 28 heavy (non-hydrogen) atoms. The molecule has 0 bridgehead atoms. The first-order valence-corrected chi connectivity index (χ1v) is 9.33. The molecular weight excluding hydrogens is 352 g/mol. The van der Waals surface area contributed by atoms with Crippen molar-refractivity contribution in [2.24, 2.45) is 0 Å². The minimum atomic E-state index is -0.376. The molecule has 2 aromatic carbocycles. The van der Waals surface area contributed by atoms with Crippen LogP contribution in [-0.4, -0.2) is 24.4 Å². The standard InChI is InChI=1S/C23H26N2O3/c1-14-7-6-8-20(17(14)4)24-22(26)13-25(5)12-18-11-23(27)28-21-10-16(3)15(2)9-19(18)21/h6-11H,12-13H2,1-5H3,(H,24,26). The Morgan fingerprint density at radius 2 is 1.75 bits per heavy atom. The number of fused-ring (bicyclic) bond motifs is 1. The highest BCUT2D eigenvalue weighted by molar-refractivity contribution is 5.93. The summed E-state index contributed by atoms with van der Waals surface area (Å²) in [5.41, 5.74) is 6.31. The molecule has 5 heteroatoms. The molecule has 0 aliphatic heterocycles. The quantitative estimate of drug-likeness (QED) is 0.679. The Morgan fingerprint density at radius 3 is 2.50 bits per heavy atom. The maximum Gasteiger partial charge on any atom is 0.336 e. The van der Waals surface area contributed by atoms with Gasteiger partial charge in [-0.2, -0.15) is 0 Å². The van der Waals surface area contributed by atoms with Gasteiger partial charge in [0.1, 0.15) is 5.58 Å². The van der Waals surface area contributed by atoms with Gasteiger partial charge in [-0.1, -0.05) is 12.1 Å². The minimum Gasteiger partial charge on any atom is -0.423 e. The number of carbonyl (C=O) groups is 1. The summed E-state index contributed by atoms with van der Waals surface area (Å²) in [7, 11) is 1.87. The molecule has 5 nitrogen and oxygen atoms in total. The molecule has 1 N–H and O–H groups in total. The van der Waals surface area contributed by atoms with Crippen molar-refractivity contribution >= 4 is 22.6 Å². The van der Waals surface area contributed by atoms with Gasteiger partial charge in [0.05, 0.1) is 6.54 Å². The largest absolute Gasteiger partial charge is 0.423 e. The van der Waals surface area contributed by atoms with Crippen molar-refractivity contribution in [1.82, 2.24) is 4.90 Å². The molecule has 3 rings (SSSR count). The van der Waals surface area contributed by atoms with E-state index >= 15 is 0 Å². The van der Waals surface area contributed by atoms with Crippen LogP contribution >= 0.6 is 0 Å². The molecule has 3 aromatic rings. The van der Waals surface area contributed by atoms with Crippen LogP contribution in [0, 0.1) is 27.7 Å². The SMILES string of the molecule is Cc1cc2oc(=O)cc(CN(C)CC(=O)Nc3cccc(C)c3C)c2cc1C. The fraction of sp³-hybridized carbons (Fsp3) is 0.304. The molecule has 0 fully saturated rings. The number of likely N-dealkylation sites (N-methyl/N-ethyl adjacent to an activating group) is 1. The van der Waals surface area contributed by atoms with Gasteiger partial charge in [-0.15, -0.1) is 0 Å². The number of benzene rings is 2. The third-order valence-electron chi connectivity index (χ3n) is 5.18. The van der Waals surface area contributed by atoms with Crippen LogP contribution in [0.3, 0.4) is 0 Å². The van der Waals surface area contributed by atoms with Crippen LogP contribution in [0.15, 0.2) is 45.6 Å². The Bertz CT molecular complexity index is 1100. The fourth-order valence-corrected chi connectivity index (χ4v) is 3.28. The van der Waals surface area contributed by atoms with E-state index in [4.69, 9.17) is 4.42 Å². The summed E-state index contributed by atoms with van der Waals surface area (Å²) in [4.78, 5) is 26.3. The van der Waals surface area contributed by atoms with Crippen molar-refractivity contribution in [2.75, 3.05) is 18.9 Å². The zero-order valence-corrected chi connectivity index (χ0v) is 17.1. The van der Waals surface area contributed by atoms with Crippen LogP contribution in [0.2, 0.25) is 0 Å². The van der Waals surface area contributed by atoms with Gasteiger partial charge in [0, 0.05) is 23.7 Å². The van der Waals surface area contributed by atoms with E-state index in [9.17, 15) is 9.59 Å². The number of hydrogen-bond acceptors (Lipinski definition) is 4. The van der Waals surface area contributed by atoms with Crippen molar-refractivity contribution in [3.05, 3.63) is 74.6 Å². The van der Waals surface area contributed by atoms with E-state index < -0.39 is 0 Å². The Balaban J connectivity index is 1.77. The third kappa shape index (κ3) is 4.31. The first kappa shape index (κ1) is 19.8. The van der Waals surface area contributed by atoms with Crippen molar-refractivity contribution in [3.8, 4) is 0 Å². The third-order valence-corrected chi connectivity index (χ3v) is 5.18. The van der Waals surface area contributed by atoms with E-state index in [-0.39, 0.29) is 18.1 Å². The second-order valence-electron chi connectivity index (χ2n) is 7.49. The topological polar surface area (TPSA) is 62.6 Å². The summed E-state index contributed by atoms with van der Waals surface area (Å²) in [6, 6.07) is 11.3. The summed E-state index contributed by atoms with van der Waals surface area (Å²) in [5, 5.41) is 3.88. The number of hydrogen-bond donors (Lipinski definition) is 1. The van der Waals surface area contributed by atoms with Crippen LogP contribution in [0.4, 0.5) is 5.69 Å². The maximum atomic E-state index is 12.5. The lowest BCUT2D eigenvalue weighted by atomic mass is 10.0. The summed E-state index contributed by atoms with van der Waals surface area (Å²) in [6.45, 7) is 8.74. The molecule has 0 radical (unpaired) electrons. The van der Waals surface area contributed by atoms with Crippen molar-refractivity contribution in [1.29, 1.82) is 0 Å². The highest BCUT2D eigenvalue weighted by Crippen LogP contribution is 2.22. The van der Waals surface area contributed by atoms with E-state index in [1.807, 2.05) is 70.0 Å². The molecule has 1 aromatic heterocycles. The molecule has 146 valence electrons. The monoisotopic (exact) mass is 378 g/mol. The molecular formula is C23H26N2O3. The molecule has 1 amide bonds. The summed E-state index contributed by atoms with van der Waals surface area (Å²) in [6.07, 6.45) is 0. The predicted molar refractivity (Wildman–Crippen MR) is 113 cm³/mol. The van der Waals surface area contributed by atoms with Crippen LogP contribution in [0.1, 0.15) is 27.8 Å². The van der Waals surface area contributed by atoms with Gasteiger partial charge >= 0.3 is 5.63 Å². The van der Waals surface area contributed by atoms with Crippen LogP contribution in [-0.2, 0) is 11.3 Å². The normalized spacial score (nSPS) is 11.2. The highest BCUT2D eigenvalue weighted by Gasteiger charge is 2.13. The molecule has 0 aliphatic carbocycles. The minimum absolute atomic E-state index is 0.0875. The number of anilines is 1. The van der Waals surface area contributed by atoms with E-state index in [1.54, 1.807) is 0 Å². The molecule has 0 unspecified atom stereocenters. The van der Waals surface area contributed by atoms with Crippen molar-refractivity contribution in [2.45, 2.75) is 34.2 Å². The van der Waals surface area contributed by atoms with Gasteiger partial charge in [-0.3, -0.25) is 9.69 Å². The first-order valence-electron chi connectivity index (χ1n) is 9.33. The lowest BCUT2D eigenvalue weighted by molar-refractivity contribution is -0.117. The fourth-order valence-electron chi connectivity index (χ4n) is 3.28. The van der Waals surface area contributed by atoms with E-state index in [0.717, 1.165) is 38.9 Å². The maximum absolute atomic E-state index is 12.5. The van der Waals surface area contributed by atoms with Crippen LogP contribution in [0.25, 0.3) is 11.0 Å². The summed E-state index contributed by atoms with van der Waals surface area (Å²) in [5.74, 6) is -0.0875. The number of nitrogens with one attached hydrogen (secondary N) is 1. The number of aryl methyl sites for hydroxylation is 3. The van der Waals surface area contributed by atoms with Crippen LogP contribution < -0.4 is 10.9 Å².